The van der Waals surface area contributed by atoms with Crippen LogP contribution in [0, 0.1) is 6.92 Å². The summed E-state index contributed by atoms with van der Waals surface area (Å²) in [7, 11) is 0. The number of benzene rings is 2. The Kier molecular flexibility index (Phi) is 6.15. The van der Waals surface area contributed by atoms with Crippen molar-refractivity contribution in [1.29, 1.82) is 0 Å². The fourth-order valence-corrected chi connectivity index (χ4v) is 2.90. The molecule has 2 aromatic rings. The molecule has 2 aromatic carbocycles. The van der Waals surface area contributed by atoms with Gasteiger partial charge in [0.1, 0.15) is 0 Å². The van der Waals surface area contributed by atoms with Gasteiger partial charge in [0.2, 0.25) is 5.91 Å². The number of hydrogen-bond donors (Lipinski definition) is 1. The monoisotopic (exact) mass is 319 g/mol. The average molecular weight is 320 g/mol. The molecule has 0 unspecified atom stereocenters. The molecule has 0 heterocycles. The molecule has 1 amide bonds. The van der Waals surface area contributed by atoms with Crippen molar-refractivity contribution in [3.8, 4) is 0 Å². The summed E-state index contributed by atoms with van der Waals surface area (Å²) in [5, 5.41) is 2.94. The fourth-order valence-electron chi connectivity index (χ4n) is 1.96. The van der Waals surface area contributed by atoms with Crippen LogP contribution in [0.3, 0.4) is 0 Å². The highest BCUT2D eigenvalue weighted by Crippen LogP contribution is 2.17. The molecule has 0 aliphatic heterocycles. The van der Waals surface area contributed by atoms with Gasteiger partial charge in [0.25, 0.3) is 0 Å². The summed E-state index contributed by atoms with van der Waals surface area (Å²) in [5.41, 5.74) is 4.26. The van der Waals surface area contributed by atoms with Crippen molar-refractivity contribution in [2.45, 2.75) is 18.6 Å². The maximum atomic E-state index is 11.9. The van der Waals surface area contributed by atoms with Crippen molar-refractivity contribution in [2.24, 2.45) is 0 Å². The van der Waals surface area contributed by atoms with Gasteiger partial charge in [-0.25, -0.2) is 0 Å². The lowest BCUT2D eigenvalue weighted by Gasteiger charge is -2.08. The fraction of sp³-hybridized carbons (Fsp3) is 0.235. The van der Waals surface area contributed by atoms with Crippen LogP contribution in [0.5, 0.6) is 0 Å². The summed E-state index contributed by atoms with van der Waals surface area (Å²) in [5.74, 6) is 1.81. The number of nitrogens with one attached hydrogen (secondary N) is 1. The first-order chi connectivity index (χ1) is 10.2. The van der Waals surface area contributed by atoms with E-state index in [1.165, 1.54) is 5.56 Å². The van der Waals surface area contributed by atoms with Crippen LogP contribution in [0.2, 0.25) is 0 Å². The van der Waals surface area contributed by atoms with Gasteiger partial charge in [-0.15, -0.1) is 23.4 Å². The maximum Gasteiger partial charge on any atom is 0.234 e. The minimum atomic E-state index is 0.0304. The third kappa shape index (κ3) is 5.10. The third-order valence-electron chi connectivity index (χ3n) is 3.07. The molecule has 0 fully saturated rings. The van der Waals surface area contributed by atoms with Crippen molar-refractivity contribution in [3.63, 3.8) is 0 Å². The number of alkyl halides is 1. The zero-order chi connectivity index (χ0) is 15.1. The summed E-state index contributed by atoms with van der Waals surface area (Å²) >= 11 is 7.42. The highest BCUT2D eigenvalue weighted by atomic mass is 35.5. The van der Waals surface area contributed by atoms with Gasteiger partial charge in [0.15, 0.2) is 0 Å². The number of carbonyl (C=O) groups excluding carboxylic acids is 1. The van der Waals surface area contributed by atoms with Crippen LogP contribution in [-0.2, 0) is 16.4 Å². The molecule has 0 aromatic heterocycles. The van der Waals surface area contributed by atoms with Crippen molar-refractivity contribution < 1.29 is 4.79 Å². The van der Waals surface area contributed by atoms with E-state index in [9.17, 15) is 4.79 Å². The van der Waals surface area contributed by atoms with E-state index in [4.69, 9.17) is 11.6 Å². The highest BCUT2D eigenvalue weighted by molar-refractivity contribution is 7.99. The van der Waals surface area contributed by atoms with Crippen molar-refractivity contribution in [3.05, 3.63) is 65.2 Å². The van der Waals surface area contributed by atoms with Gasteiger partial charge in [-0.2, -0.15) is 0 Å². The molecule has 0 radical (unpaired) electrons. The number of hydrogen-bond acceptors (Lipinski definition) is 2. The second kappa shape index (κ2) is 8.11. The van der Waals surface area contributed by atoms with Crippen LogP contribution >= 0.6 is 23.4 Å². The van der Waals surface area contributed by atoms with E-state index in [0.717, 1.165) is 22.6 Å². The van der Waals surface area contributed by atoms with E-state index in [1.807, 2.05) is 43.3 Å². The Labute approximate surface area is 134 Å². The molecule has 4 heteroatoms. The Morgan fingerprint density at radius 2 is 1.90 bits per heavy atom. The highest BCUT2D eigenvalue weighted by Gasteiger charge is 2.05. The quantitative estimate of drug-likeness (QED) is 0.788. The number of rotatable bonds is 6. The Morgan fingerprint density at radius 1 is 1.14 bits per heavy atom. The minimum absolute atomic E-state index is 0.0304. The molecule has 2 rings (SSSR count). The minimum Gasteiger partial charge on any atom is -0.325 e. The first-order valence-electron chi connectivity index (χ1n) is 6.76. The van der Waals surface area contributed by atoms with E-state index in [2.05, 4.69) is 17.4 Å². The van der Waals surface area contributed by atoms with Crippen LogP contribution in [0.25, 0.3) is 0 Å². The molecular formula is C17H18ClNOS. The molecule has 0 aliphatic carbocycles. The van der Waals surface area contributed by atoms with E-state index in [0.29, 0.717) is 11.6 Å². The van der Waals surface area contributed by atoms with Crippen molar-refractivity contribution >= 4 is 35.0 Å². The summed E-state index contributed by atoms with van der Waals surface area (Å²) in [4.78, 5) is 11.9. The van der Waals surface area contributed by atoms with E-state index >= 15 is 0 Å². The third-order valence-corrected chi connectivity index (χ3v) is 4.38. The Morgan fingerprint density at radius 3 is 2.67 bits per heavy atom. The van der Waals surface area contributed by atoms with E-state index in [-0.39, 0.29) is 5.91 Å². The van der Waals surface area contributed by atoms with Gasteiger partial charge in [-0.05, 0) is 29.7 Å². The SMILES string of the molecule is Cc1ccccc1NC(=O)CSCc1cccc(CCl)c1. The molecule has 110 valence electrons. The molecule has 2 nitrogen and oxygen atoms in total. The first kappa shape index (κ1) is 15.9. The molecule has 0 saturated carbocycles. The number of carbonyl (C=O) groups is 1. The Hall–Kier alpha value is -1.45. The van der Waals surface area contributed by atoms with Gasteiger partial charge < -0.3 is 5.32 Å². The summed E-state index contributed by atoms with van der Waals surface area (Å²) in [6, 6.07) is 15.9. The summed E-state index contributed by atoms with van der Waals surface area (Å²) < 4.78 is 0. The second-order valence-electron chi connectivity index (χ2n) is 4.81. The van der Waals surface area contributed by atoms with Crippen LogP contribution in [0.4, 0.5) is 5.69 Å². The zero-order valence-corrected chi connectivity index (χ0v) is 13.5. The van der Waals surface area contributed by atoms with Gasteiger partial charge in [-0.1, -0.05) is 42.5 Å². The summed E-state index contributed by atoms with van der Waals surface area (Å²) in [6.07, 6.45) is 0. The number of para-hydroxylation sites is 1. The number of halogens is 1. The van der Waals surface area contributed by atoms with Gasteiger partial charge >= 0.3 is 0 Å². The van der Waals surface area contributed by atoms with Crippen LogP contribution in [0.15, 0.2) is 48.5 Å². The van der Waals surface area contributed by atoms with Gasteiger partial charge in [0.05, 0.1) is 5.75 Å². The number of amides is 1. The largest absolute Gasteiger partial charge is 0.325 e. The molecule has 0 spiro atoms. The second-order valence-corrected chi connectivity index (χ2v) is 6.06. The van der Waals surface area contributed by atoms with Crippen molar-refractivity contribution in [1.82, 2.24) is 0 Å². The molecule has 0 aliphatic rings. The number of aryl methyl sites for hydroxylation is 1. The Bertz CT molecular complexity index is 615. The van der Waals surface area contributed by atoms with E-state index in [1.54, 1.807) is 11.8 Å². The predicted octanol–water partition coefficient (Wildman–Crippen LogP) is 4.61. The molecule has 0 bridgehead atoms. The average Bonchev–Trinajstić information content (AvgIpc) is 2.50. The van der Waals surface area contributed by atoms with Crippen LogP contribution < -0.4 is 5.32 Å². The zero-order valence-electron chi connectivity index (χ0n) is 11.9. The number of anilines is 1. The van der Waals surface area contributed by atoms with Gasteiger partial charge in [0, 0.05) is 17.3 Å². The lowest BCUT2D eigenvalue weighted by atomic mass is 10.2. The molecule has 21 heavy (non-hydrogen) atoms. The normalized spacial score (nSPS) is 10.4. The predicted molar refractivity (Wildman–Crippen MR) is 92.0 cm³/mol. The summed E-state index contributed by atoms with van der Waals surface area (Å²) in [6.45, 7) is 1.99. The lowest BCUT2D eigenvalue weighted by Crippen LogP contribution is -2.14. The molecule has 0 atom stereocenters. The van der Waals surface area contributed by atoms with Crippen LogP contribution in [-0.4, -0.2) is 11.7 Å². The Balaban J connectivity index is 1.80. The maximum absolute atomic E-state index is 11.9. The van der Waals surface area contributed by atoms with Crippen LogP contribution in [0.1, 0.15) is 16.7 Å². The smallest absolute Gasteiger partial charge is 0.234 e. The molecular weight excluding hydrogens is 302 g/mol. The van der Waals surface area contributed by atoms with Crippen molar-refractivity contribution in [2.75, 3.05) is 11.1 Å². The molecule has 1 N–H and O–H groups in total. The lowest BCUT2D eigenvalue weighted by molar-refractivity contribution is -0.113. The molecule has 0 saturated heterocycles. The number of thioether (sulfide) groups is 1. The standard InChI is InChI=1S/C17H18ClNOS/c1-13-5-2-3-8-16(13)19-17(20)12-21-11-15-7-4-6-14(9-15)10-18/h2-9H,10-12H2,1H3,(H,19,20). The van der Waals surface area contributed by atoms with Gasteiger partial charge in [-0.3, -0.25) is 4.79 Å². The topological polar surface area (TPSA) is 29.1 Å². The van der Waals surface area contributed by atoms with E-state index < -0.39 is 0 Å². The first-order valence-corrected chi connectivity index (χ1v) is 8.45.